The standard InChI is InChI=1S/C26H39F5N4O2Si/c1-16(19(23(33)36)14-26(29,30)31)17-7-8-21-20(12-17)34-24(35(21)15-37-10-11-38(2,3)4)22(32)18-6-5-9-25(27,28)13-18/h7-8,12,16,18-19,22H,5-6,9-11,13-15,32H2,1-4H3,(H2,33,36)/t16-,18+,19?,22-/m0/s1. The number of alkyl halides is 5. The largest absolute Gasteiger partial charge is 0.389 e. The number of nitrogens with zero attached hydrogens (tertiary/aromatic N) is 2. The van der Waals surface area contributed by atoms with Crippen LogP contribution in [0.25, 0.3) is 11.0 Å². The number of hydrogen-bond donors (Lipinski definition) is 2. The van der Waals surface area contributed by atoms with Crippen molar-refractivity contribution in [2.45, 2.75) is 95.5 Å². The fraction of sp³-hybridized carbons (Fsp3) is 0.692. The highest BCUT2D eigenvalue weighted by Gasteiger charge is 2.40. The fourth-order valence-electron chi connectivity index (χ4n) is 5.11. The number of carbonyl (C=O) groups is 1. The van der Waals surface area contributed by atoms with Crippen LogP contribution in [0.4, 0.5) is 22.0 Å². The van der Waals surface area contributed by atoms with Crippen LogP contribution >= 0.6 is 0 Å². The van der Waals surface area contributed by atoms with Crippen molar-refractivity contribution in [3.05, 3.63) is 29.6 Å². The molecule has 0 bridgehead atoms. The van der Waals surface area contributed by atoms with Crippen LogP contribution in [0, 0.1) is 11.8 Å². The highest BCUT2D eigenvalue weighted by Crippen LogP contribution is 2.42. The third-order valence-electron chi connectivity index (χ3n) is 7.45. The smallest absolute Gasteiger partial charge is 0.369 e. The zero-order valence-corrected chi connectivity index (χ0v) is 23.5. The lowest BCUT2D eigenvalue weighted by Gasteiger charge is -2.32. The summed E-state index contributed by atoms with van der Waals surface area (Å²) >= 11 is 0. The normalized spacial score (nSPS) is 20.8. The van der Waals surface area contributed by atoms with Crippen molar-refractivity contribution in [3.8, 4) is 0 Å². The average Bonchev–Trinajstić information content (AvgIpc) is 3.15. The van der Waals surface area contributed by atoms with Gasteiger partial charge in [0.25, 0.3) is 0 Å². The zero-order valence-electron chi connectivity index (χ0n) is 22.5. The Morgan fingerprint density at radius 3 is 2.55 bits per heavy atom. The van der Waals surface area contributed by atoms with E-state index < -0.39 is 56.3 Å². The lowest BCUT2D eigenvalue weighted by molar-refractivity contribution is -0.154. The van der Waals surface area contributed by atoms with Crippen molar-refractivity contribution in [1.29, 1.82) is 0 Å². The van der Waals surface area contributed by atoms with E-state index in [-0.39, 0.29) is 19.6 Å². The molecule has 1 aliphatic carbocycles. The number of hydrogen-bond acceptors (Lipinski definition) is 4. The van der Waals surface area contributed by atoms with Crippen LogP contribution in [-0.4, -0.2) is 42.2 Å². The second-order valence-electron chi connectivity index (χ2n) is 11.8. The molecule has 0 radical (unpaired) electrons. The Kier molecular flexibility index (Phi) is 9.30. The fourth-order valence-corrected chi connectivity index (χ4v) is 5.86. The van der Waals surface area contributed by atoms with Gasteiger partial charge in [0, 0.05) is 27.5 Å². The number of ether oxygens (including phenoxy) is 1. The number of aromatic nitrogens is 2. The van der Waals surface area contributed by atoms with Gasteiger partial charge in [0.1, 0.15) is 12.6 Å². The van der Waals surface area contributed by atoms with Crippen molar-refractivity contribution in [2.24, 2.45) is 23.3 Å². The third-order valence-corrected chi connectivity index (χ3v) is 9.15. The summed E-state index contributed by atoms with van der Waals surface area (Å²) in [5.41, 5.74) is 13.4. The van der Waals surface area contributed by atoms with Crippen molar-refractivity contribution in [1.82, 2.24) is 9.55 Å². The van der Waals surface area contributed by atoms with Gasteiger partial charge in [-0.2, -0.15) is 13.2 Å². The maximum atomic E-state index is 14.2. The Hall–Kier alpha value is -2.05. The predicted octanol–water partition coefficient (Wildman–Crippen LogP) is 6.33. The quantitative estimate of drug-likeness (QED) is 0.190. The van der Waals surface area contributed by atoms with Gasteiger partial charge in [-0.1, -0.05) is 32.6 Å². The van der Waals surface area contributed by atoms with Gasteiger partial charge in [-0.15, -0.1) is 0 Å². The lowest BCUT2D eigenvalue weighted by Crippen LogP contribution is -2.34. The molecule has 2 aromatic rings. The van der Waals surface area contributed by atoms with Gasteiger partial charge in [0.15, 0.2) is 0 Å². The van der Waals surface area contributed by atoms with Gasteiger partial charge in [-0.05, 0) is 48.4 Å². The average molecular weight is 563 g/mol. The molecule has 4 atom stereocenters. The minimum atomic E-state index is -4.55. The van der Waals surface area contributed by atoms with Crippen LogP contribution < -0.4 is 11.5 Å². The molecule has 214 valence electrons. The Labute approximate surface area is 221 Å². The highest BCUT2D eigenvalue weighted by molar-refractivity contribution is 6.76. The van der Waals surface area contributed by atoms with Crippen molar-refractivity contribution in [2.75, 3.05) is 6.61 Å². The summed E-state index contributed by atoms with van der Waals surface area (Å²) in [6.45, 7) is 8.87. The monoisotopic (exact) mass is 562 g/mol. The minimum Gasteiger partial charge on any atom is -0.369 e. The molecular weight excluding hydrogens is 523 g/mol. The topological polar surface area (TPSA) is 96.2 Å². The van der Waals surface area contributed by atoms with Crippen LogP contribution in [0.1, 0.15) is 62.4 Å². The molecule has 1 aromatic heterocycles. The summed E-state index contributed by atoms with van der Waals surface area (Å²) in [5, 5.41) is 0. The van der Waals surface area contributed by atoms with E-state index in [1.54, 1.807) is 22.8 Å². The SMILES string of the molecule is C[C@@H](c1ccc2c(c1)nc([C@@H](N)[C@@H]1CCCC(F)(F)C1)n2COCC[Si](C)(C)C)C(CC(F)(F)F)C(N)=O. The molecule has 3 rings (SSSR count). The van der Waals surface area contributed by atoms with E-state index in [9.17, 15) is 26.7 Å². The molecule has 1 unspecified atom stereocenters. The second kappa shape index (κ2) is 11.6. The molecule has 1 saturated carbocycles. The molecule has 4 N–H and O–H groups in total. The molecule has 0 aliphatic heterocycles. The van der Waals surface area contributed by atoms with Crippen LogP contribution in [0.2, 0.25) is 25.7 Å². The number of halogens is 5. The summed E-state index contributed by atoms with van der Waals surface area (Å²) < 4.78 is 75.3. The van der Waals surface area contributed by atoms with Crippen molar-refractivity contribution >= 4 is 25.0 Å². The molecule has 1 aliphatic rings. The van der Waals surface area contributed by atoms with Crippen molar-refractivity contribution < 1.29 is 31.5 Å². The molecule has 12 heteroatoms. The van der Waals surface area contributed by atoms with E-state index in [0.717, 1.165) is 6.04 Å². The molecule has 0 spiro atoms. The molecule has 0 saturated heterocycles. The summed E-state index contributed by atoms with van der Waals surface area (Å²) in [5.74, 6) is -6.13. The highest BCUT2D eigenvalue weighted by atomic mass is 28.3. The van der Waals surface area contributed by atoms with E-state index in [1.165, 1.54) is 6.92 Å². The number of imidazole rings is 1. The summed E-state index contributed by atoms with van der Waals surface area (Å²) in [4.78, 5) is 16.5. The van der Waals surface area contributed by atoms with E-state index in [2.05, 4.69) is 24.6 Å². The van der Waals surface area contributed by atoms with E-state index in [0.29, 0.717) is 41.9 Å². The first-order valence-electron chi connectivity index (χ1n) is 13.0. The summed E-state index contributed by atoms with van der Waals surface area (Å²) in [6.07, 6.45) is -5.44. The van der Waals surface area contributed by atoms with Crippen LogP contribution in [0.15, 0.2) is 18.2 Å². The van der Waals surface area contributed by atoms with E-state index in [4.69, 9.17) is 16.2 Å². The first-order valence-corrected chi connectivity index (χ1v) is 16.8. The van der Waals surface area contributed by atoms with E-state index >= 15 is 0 Å². The first-order chi connectivity index (χ1) is 17.5. The number of amides is 1. The lowest BCUT2D eigenvalue weighted by atomic mass is 9.82. The molecule has 1 aromatic carbocycles. The van der Waals surface area contributed by atoms with Gasteiger partial charge in [0.2, 0.25) is 11.8 Å². The third kappa shape index (κ3) is 7.98. The molecule has 1 amide bonds. The first kappa shape index (κ1) is 30.5. The number of carbonyl (C=O) groups excluding carboxylic acids is 1. The Balaban J connectivity index is 1.96. The van der Waals surface area contributed by atoms with Gasteiger partial charge in [-0.3, -0.25) is 4.79 Å². The minimum absolute atomic E-state index is 0.125. The molecule has 6 nitrogen and oxygen atoms in total. The van der Waals surface area contributed by atoms with Crippen molar-refractivity contribution in [3.63, 3.8) is 0 Å². The predicted molar refractivity (Wildman–Crippen MR) is 139 cm³/mol. The maximum Gasteiger partial charge on any atom is 0.389 e. The summed E-state index contributed by atoms with van der Waals surface area (Å²) in [7, 11) is -1.34. The molecule has 1 fully saturated rings. The number of rotatable bonds is 11. The Bertz CT molecular complexity index is 1120. The molecule has 38 heavy (non-hydrogen) atoms. The number of benzene rings is 1. The van der Waals surface area contributed by atoms with Gasteiger partial charge < -0.3 is 20.8 Å². The summed E-state index contributed by atoms with van der Waals surface area (Å²) in [6, 6.07) is 5.14. The Morgan fingerprint density at radius 1 is 1.29 bits per heavy atom. The number of nitrogens with two attached hydrogens (primary N) is 2. The van der Waals surface area contributed by atoms with E-state index in [1.807, 2.05) is 0 Å². The number of primary amides is 1. The maximum absolute atomic E-state index is 14.2. The second-order valence-corrected chi connectivity index (χ2v) is 17.5. The van der Waals surface area contributed by atoms with Gasteiger partial charge >= 0.3 is 6.18 Å². The molecular formula is C26H39F5N4O2Si. The van der Waals surface area contributed by atoms with Crippen LogP contribution in [-0.2, 0) is 16.3 Å². The van der Waals surface area contributed by atoms with Gasteiger partial charge in [0.05, 0.1) is 29.4 Å². The van der Waals surface area contributed by atoms with Crippen LogP contribution in [0.3, 0.4) is 0 Å². The number of fused-ring (bicyclic) bond motifs is 1. The van der Waals surface area contributed by atoms with Gasteiger partial charge in [-0.25, -0.2) is 13.8 Å². The zero-order chi connectivity index (χ0) is 28.5. The van der Waals surface area contributed by atoms with Crippen LogP contribution in [0.5, 0.6) is 0 Å². The Morgan fingerprint density at radius 2 is 1.97 bits per heavy atom. The molecule has 1 heterocycles.